The lowest BCUT2D eigenvalue weighted by Crippen LogP contribution is -2.23. The lowest BCUT2D eigenvalue weighted by molar-refractivity contribution is -0.144. The molecule has 1 N–H and O–H groups in total. The normalized spacial score (nSPS) is 12.3. The quantitative estimate of drug-likeness (QED) is 0.440. The zero-order chi connectivity index (χ0) is 22.7. The van der Waals surface area contributed by atoms with Crippen LogP contribution in [0.3, 0.4) is 0 Å². The molecular formula is C21H19Br2N3O5. The van der Waals surface area contributed by atoms with E-state index in [0.29, 0.717) is 38.9 Å². The molecule has 1 aromatic heterocycles. The molecule has 31 heavy (non-hydrogen) atoms. The second kappa shape index (κ2) is 9.61. The predicted octanol–water partition coefficient (Wildman–Crippen LogP) is 4.23. The summed E-state index contributed by atoms with van der Waals surface area (Å²) in [6, 6.07) is 8.56. The van der Waals surface area contributed by atoms with E-state index in [1.165, 1.54) is 24.9 Å². The minimum Gasteiger partial charge on any atom is -0.493 e. The Hall–Kier alpha value is -2.72. The lowest BCUT2D eigenvalue weighted by atomic mass is 10.2. The van der Waals surface area contributed by atoms with Crippen molar-refractivity contribution >= 4 is 54.9 Å². The summed E-state index contributed by atoms with van der Waals surface area (Å²) in [4.78, 5) is 28.6. The number of methoxy groups -OCH3 is 1. The molecule has 0 aliphatic carbocycles. The number of carbonyl (C=O) groups is 1. The summed E-state index contributed by atoms with van der Waals surface area (Å²) in [5.74, 6) is 0.0339. The Morgan fingerprint density at radius 2 is 2.03 bits per heavy atom. The van der Waals surface area contributed by atoms with Crippen LogP contribution in [0.2, 0.25) is 0 Å². The maximum Gasteiger partial charge on any atom is 0.344 e. The van der Waals surface area contributed by atoms with Crippen LogP contribution < -0.4 is 15.0 Å². The van der Waals surface area contributed by atoms with Crippen LogP contribution in [-0.4, -0.2) is 40.2 Å². The first-order valence-corrected chi connectivity index (χ1v) is 10.9. The van der Waals surface area contributed by atoms with Crippen LogP contribution in [0, 0.1) is 0 Å². The number of hydrogen-bond donors (Lipinski definition) is 1. The second-order valence-corrected chi connectivity index (χ2v) is 8.30. The van der Waals surface area contributed by atoms with E-state index in [0.717, 1.165) is 4.47 Å². The topological polar surface area (TPSA) is 103 Å². The largest absolute Gasteiger partial charge is 0.493 e. The smallest absolute Gasteiger partial charge is 0.344 e. The number of aryl methyl sites for hydroxylation is 1. The van der Waals surface area contributed by atoms with Gasteiger partial charge in [-0.2, -0.15) is 9.78 Å². The molecule has 1 heterocycles. The summed E-state index contributed by atoms with van der Waals surface area (Å²) < 4.78 is 13.4. The number of carboxylic acids is 1. The van der Waals surface area contributed by atoms with Crippen LogP contribution in [0.15, 0.2) is 49.2 Å². The number of halogens is 2. The Balaban J connectivity index is 2.05. The number of aliphatic carboxylic acids is 1. The van der Waals surface area contributed by atoms with E-state index < -0.39 is 12.1 Å². The minimum atomic E-state index is -1.09. The van der Waals surface area contributed by atoms with Crippen molar-refractivity contribution in [2.75, 3.05) is 7.11 Å². The van der Waals surface area contributed by atoms with Crippen molar-refractivity contribution in [3.63, 3.8) is 0 Å². The molecule has 0 fully saturated rings. The van der Waals surface area contributed by atoms with Crippen molar-refractivity contribution in [1.29, 1.82) is 0 Å². The Morgan fingerprint density at radius 3 is 2.68 bits per heavy atom. The highest BCUT2D eigenvalue weighted by molar-refractivity contribution is 9.10. The van der Waals surface area contributed by atoms with Crippen molar-refractivity contribution in [1.82, 2.24) is 9.66 Å². The van der Waals surface area contributed by atoms with E-state index in [1.54, 1.807) is 24.3 Å². The van der Waals surface area contributed by atoms with Gasteiger partial charge >= 0.3 is 5.97 Å². The van der Waals surface area contributed by atoms with Gasteiger partial charge in [-0.25, -0.2) is 9.78 Å². The number of benzene rings is 2. The first kappa shape index (κ1) is 23.0. The number of carboxylic acid groups (broad SMARTS) is 1. The van der Waals surface area contributed by atoms with Crippen molar-refractivity contribution in [2.24, 2.45) is 5.10 Å². The van der Waals surface area contributed by atoms with Crippen molar-refractivity contribution in [2.45, 2.75) is 26.4 Å². The molecule has 0 saturated heterocycles. The molecule has 0 saturated carbocycles. The van der Waals surface area contributed by atoms with Crippen LogP contribution in [-0.2, 0) is 11.2 Å². The number of rotatable bonds is 7. The van der Waals surface area contributed by atoms with Gasteiger partial charge in [0.2, 0.25) is 0 Å². The van der Waals surface area contributed by atoms with Gasteiger partial charge < -0.3 is 14.6 Å². The average molecular weight is 553 g/mol. The summed E-state index contributed by atoms with van der Waals surface area (Å²) in [6.45, 7) is 3.32. The van der Waals surface area contributed by atoms with Crippen LogP contribution in [0.1, 0.15) is 25.2 Å². The van der Waals surface area contributed by atoms with Gasteiger partial charge in [0.05, 0.1) is 24.2 Å². The maximum absolute atomic E-state index is 13.0. The molecule has 10 heteroatoms. The number of ether oxygens (including phenoxy) is 2. The molecule has 0 spiro atoms. The standard InChI is InChI=1S/C21H19Br2N3O5/c1-4-19-25-16-6-5-13(22)8-14(16)20(27)26(19)24-10-12-7-17(30-3)18(9-15(12)23)31-11(2)21(28)29/h5-11H,4H2,1-3H3,(H,28,29)/t11-/m0/s1. The second-order valence-electron chi connectivity index (χ2n) is 6.53. The molecule has 0 unspecified atom stereocenters. The van der Waals surface area contributed by atoms with Crippen molar-refractivity contribution in [3.05, 3.63) is 61.0 Å². The summed E-state index contributed by atoms with van der Waals surface area (Å²) in [7, 11) is 1.45. The zero-order valence-electron chi connectivity index (χ0n) is 16.9. The van der Waals surface area contributed by atoms with E-state index in [9.17, 15) is 9.59 Å². The molecule has 162 valence electrons. The third kappa shape index (κ3) is 4.96. The summed E-state index contributed by atoms with van der Waals surface area (Å²) in [5.41, 5.74) is 0.932. The van der Waals surface area contributed by atoms with Gasteiger partial charge in [-0.05, 0) is 53.2 Å². The highest BCUT2D eigenvalue weighted by Gasteiger charge is 2.17. The molecule has 8 nitrogen and oxygen atoms in total. The van der Waals surface area contributed by atoms with Gasteiger partial charge in [-0.1, -0.05) is 22.9 Å². The van der Waals surface area contributed by atoms with E-state index in [-0.39, 0.29) is 11.3 Å². The monoisotopic (exact) mass is 551 g/mol. The first-order chi connectivity index (χ1) is 14.7. The fourth-order valence-electron chi connectivity index (χ4n) is 2.80. The third-order valence-corrected chi connectivity index (χ3v) is 5.62. The fourth-order valence-corrected chi connectivity index (χ4v) is 3.59. The van der Waals surface area contributed by atoms with E-state index in [1.807, 2.05) is 13.0 Å². The van der Waals surface area contributed by atoms with E-state index in [4.69, 9.17) is 14.6 Å². The Kier molecular flexibility index (Phi) is 7.11. The van der Waals surface area contributed by atoms with Crippen LogP contribution in [0.25, 0.3) is 10.9 Å². The molecule has 2 aromatic carbocycles. The first-order valence-electron chi connectivity index (χ1n) is 9.27. The lowest BCUT2D eigenvalue weighted by Gasteiger charge is -2.15. The fraction of sp³-hybridized carbons (Fsp3) is 0.238. The average Bonchev–Trinajstić information content (AvgIpc) is 2.74. The maximum atomic E-state index is 13.0. The van der Waals surface area contributed by atoms with Gasteiger partial charge in [0.25, 0.3) is 5.56 Å². The molecule has 1 atom stereocenters. The molecule has 0 amide bonds. The summed E-state index contributed by atoms with van der Waals surface area (Å²) in [6.07, 6.45) is 0.973. The van der Waals surface area contributed by atoms with E-state index in [2.05, 4.69) is 41.9 Å². The highest BCUT2D eigenvalue weighted by Crippen LogP contribution is 2.33. The van der Waals surface area contributed by atoms with Crippen LogP contribution in [0.5, 0.6) is 11.5 Å². The SMILES string of the molecule is CCc1nc2ccc(Br)cc2c(=O)n1N=Cc1cc(OC)c(O[C@@H](C)C(=O)O)cc1Br. The predicted molar refractivity (Wildman–Crippen MR) is 124 cm³/mol. The highest BCUT2D eigenvalue weighted by atomic mass is 79.9. The summed E-state index contributed by atoms with van der Waals surface area (Å²) >= 11 is 6.81. The Bertz CT molecular complexity index is 1240. The molecule has 3 rings (SSSR count). The van der Waals surface area contributed by atoms with Gasteiger partial charge in [-0.3, -0.25) is 4.79 Å². The molecule has 0 aliphatic heterocycles. The van der Waals surface area contributed by atoms with Crippen LogP contribution >= 0.6 is 31.9 Å². The van der Waals surface area contributed by atoms with Gasteiger partial charge in [-0.15, -0.1) is 0 Å². The minimum absolute atomic E-state index is 0.269. The molecular weight excluding hydrogens is 534 g/mol. The summed E-state index contributed by atoms with van der Waals surface area (Å²) in [5, 5.41) is 13.9. The van der Waals surface area contributed by atoms with Crippen LogP contribution in [0.4, 0.5) is 0 Å². The van der Waals surface area contributed by atoms with Crippen molar-refractivity contribution in [3.8, 4) is 11.5 Å². The number of fused-ring (bicyclic) bond motifs is 1. The Labute approximate surface area is 194 Å². The van der Waals surface area contributed by atoms with Gasteiger partial charge in [0.1, 0.15) is 5.82 Å². The third-order valence-electron chi connectivity index (χ3n) is 4.44. The van der Waals surface area contributed by atoms with Crippen molar-refractivity contribution < 1.29 is 19.4 Å². The molecule has 0 radical (unpaired) electrons. The van der Waals surface area contributed by atoms with Gasteiger partial charge in [0.15, 0.2) is 17.6 Å². The molecule has 0 aliphatic rings. The zero-order valence-corrected chi connectivity index (χ0v) is 20.1. The molecule has 3 aromatic rings. The molecule has 0 bridgehead atoms. The number of aromatic nitrogens is 2. The number of hydrogen-bond acceptors (Lipinski definition) is 6. The van der Waals surface area contributed by atoms with E-state index >= 15 is 0 Å². The Morgan fingerprint density at radius 1 is 1.29 bits per heavy atom. The number of nitrogens with zero attached hydrogens (tertiary/aromatic N) is 3. The van der Waals surface area contributed by atoms with Gasteiger partial charge in [0, 0.05) is 20.9 Å².